The Bertz CT molecular complexity index is 1550. The lowest BCUT2D eigenvalue weighted by Gasteiger charge is -2.13. The number of amides is 1. The Morgan fingerprint density at radius 1 is 0.902 bits per heavy atom. The van der Waals surface area contributed by atoms with E-state index in [-0.39, 0.29) is 5.91 Å². The predicted octanol–water partition coefficient (Wildman–Crippen LogP) is 9.52. The van der Waals surface area contributed by atoms with Crippen LogP contribution in [0, 0.1) is 5.92 Å². The average Bonchev–Trinajstić information content (AvgIpc) is 3.50. The van der Waals surface area contributed by atoms with E-state index in [2.05, 4.69) is 31.1 Å². The van der Waals surface area contributed by atoms with Gasteiger partial charge in [-0.3, -0.25) is 9.78 Å². The predicted molar refractivity (Wildman–Crippen MR) is 172 cm³/mol. The first kappa shape index (κ1) is 31.4. The first-order valence-electron chi connectivity index (χ1n) is 13.9. The lowest BCUT2D eigenvalue weighted by Crippen LogP contribution is -2.13. The largest absolute Gasteiger partial charge is 0.493 e. The molecule has 0 aliphatic heterocycles. The highest BCUT2D eigenvalue weighted by molar-refractivity contribution is 7.10. The van der Waals surface area contributed by atoms with Gasteiger partial charge >= 0.3 is 0 Å². The molecule has 0 saturated carbocycles. The number of fused-ring (bicyclic) bond motifs is 2. The molecule has 1 amide bonds. The number of anilines is 1. The lowest BCUT2D eigenvalue weighted by molar-refractivity contribution is -0.115. The summed E-state index contributed by atoms with van der Waals surface area (Å²) in [5, 5.41) is 7.78. The summed E-state index contributed by atoms with van der Waals surface area (Å²) >= 11 is 1.58. The van der Waals surface area contributed by atoms with Gasteiger partial charge in [-0.1, -0.05) is 59.2 Å². The molecular formula is C34H40N2O4S. The molecular weight excluding hydrogens is 532 g/mol. The second-order valence-corrected chi connectivity index (χ2v) is 10.5. The zero-order valence-electron chi connectivity index (χ0n) is 25.0. The van der Waals surface area contributed by atoms with Gasteiger partial charge in [0.1, 0.15) is 11.5 Å². The van der Waals surface area contributed by atoms with Crippen LogP contribution >= 0.6 is 11.3 Å². The van der Waals surface area contributed by atoms with Crippen LogP contribution in [0.2, 0.25) is 0 Å². The minimum absolute atomic E-state index is 0.0293. The number of pyridine rings is 1. The number of carbonyl (C=O) groups is 1. The Morgan fingerprint density at radius 2 is 1.59 bits per heavy atom. The monoisotopic (exact) mass is 572 g/mol. The minimum atomic E-state index is -0.0293. The number of aromatic nitrogens is 1. The van der Waals surface area contributed by atoms with Crippen molar-refractivity contribution in [1.29, 1.82) is 0 Å². The number of thiophene rings is 1. The molecule has 0 unspecified atom stereocenters. The summed E-state index contributed by atoms with van der Waals surface area (Å²) in [7, 11) is 3.20. The van der Waals surface area contributed by atoms with Crippen molar-refractivity contribution in [3.8, 4) is 23.0 Å². The summed E-state index contributed by atoms with van der Waals surface area (Å²) in [5.74, 6) is 3.45. The molecule has 5 rings (SSSR count). The van der Waals surface area contributed by atoms with Gasteiger partial charge in [0, 0.05) is 28.2 Å². The van der Waals surface area contributed by atoms with E-state index in [9.17, 15) is 4.79 Å². The molecule has 2 heterocycles. The molecule has 7 heteroatoms. The molecule has 0 radical (unpaired) electrons. The summed E-state index contributed by atoms with van der Waals surface area (Å²) in [6, 6.07) is 21.1. The molecule has 0 saturated heterocycles. The van der Waals surface area contributed by atoms with Gasteiger partial charge in [-0.25, -0.2) is 0 Å². The molecule has 0 fully saturated rings. The van der Waals surface area contributed by atoms with Gasteiger partial charge in [-0.05, 0) is 64.5 Å². The summed E-state index contributed by atoms with van der Waals surface area (Å²) in [6.45, 7) is 10.6. The van der Waals surface area contributed by atoms with Crippen molar-refractivity contribution in [2.75, 3.05) is 19.5 Å². The summed E-state index contributed by atoms with van der Waals surface area (Å²) in [4.78, 5) is 17.8. The molecule has 3 aromatic carbocycles. The molecule has 6 nitrogen and oxygen atoms in total. The molecule has 2 aromatic heterocycles. The van der Waals surface area contributed by atoms with Crippen LogP contribution in [0.25, 0.3) is 21.7 Å². The fourth-order valence-electron chi connectivity index (χ4n) is 3.81. The zero-order valence-corrected chi connectivity index (χ0v) is 25.8. The second-order valence-electron chi connectivity index (χ2n) is 9.47. The summed E-state index contributed by atoms with van der Waals surface area (Å²) in [5.41, 5.74) is 1.52. The maximum atomic E-state index is 12.3. The smallest absolute Gasteiger partial charge is 0.229 e. The zero-order chi connectivity index (χ0) is 29.8. The maximum absolute atomic E-state index is 12.3. The number of nitrogens with zero attached hydrogens (tertiary/aromatic N) is 1. The van der Waals surface area contributed by atoms with Crippen LogP contribution in [-0.4, -0.2) is 25.1 Å². The Kier molecular flexibility index (Phi) is 12.0. The number of ether oxygens (including phenoxy) is 3. The summed E-state index contributed by atoms with van der Waals surface area (Å²) < 4.78 is 17.0. The number of nitrogens with one attached hydrogen (secondary N) is 1. The van der Waals surface area contributed by atoms with Crippen LogP contribution in [0.4, 0.5) is 5.69 Å². The lowest BCUT2D eigenvalue weighted by atomic mass is 10.1. The van der Waals surface area contributed by atoms with Gasteiger partial charge in [0.15, 0.2) is 11.5 Å². The molecule has 1 N–H and O–H groups in total. The van der Waals surface area contributed by atoms with E-state index in [0.29, 0.717) is 29.4 Å². The van der Waals surface area contributed by atoms with E-state index in [1.807, 2.05) is 86.0 Å². The highest BCUT2D eigenvalue weighted by atomic mass is 32.1. The Labute approximate surface area is 247 Å². The van der Waals surface area contributed by atoms with E-state index >= 15 is 0 Å². The van der Waals surface area contributed by atoms with Crippen molar-refractivity contribution >= 4 is 44.6 Å². The molecule has 41 heavy (non-hydrogen) atoms. The van der Waals surface area contributed by atoms with Gasteiger partial charge in [0.25, 0.3) is 0 Å². The Morgan fingerprint density at radius 3 is 2.24 bits per heavy atom. The molecule has 0 aliphatic carbocycles. The molecule has 0 aliphatic rings. The highest BCUT2D eigenvalue weighted by Gasteiger charge is 2.12. The number of methoxy groups -OCH3 is 2. The van der Waals surface area contributed by atoms with Crippen molar-refractivity contribution < 1.29 is 19.0 Å². The standard InChI is InChI=1S/C27H22N2O4S.C5H12.C2H6/c1-31-25-15-22-23(16-26(25)32-2)28-10-9-24(22)33-20-8-6-17-12-19(7-5-18(17)13-20)29-27(30)14-21-4-3-11-34-21;1-4-5(2)3;1-2/h3-13,15-16H,14H2,1-2H3,(H,29,30);5H,4H2,1-3H3;1-2H3. The number of rotatable bonds is 8. The van der Waals surface area contributed by atoms with Gasteiger partial charge in [0.2, 0.25) is 5.91 Å². The van der Waals surface area contributed by atoms with Gasteiger partial charge in [-0.15, -0.1) is 11.3 Å². The van der Waals surface area contributed by atoms with Crippen molar-refractivity contribution in [2.24, 2.45) is 5.92 Å². The van der Waals surface area contributed by atoms with Gasteiger partial charge in [0.05, 0.1) is 26.2 Å². The topological polar surface area (TPSA) is 69.7 Å². The van der Waals surface area contributed by atoms with Crippen LogP contribution < -0.4 is 19.5 Å². The molecule has 0 bridgehead atoms. The van der Waals surface area contributed by atoms with Crippen LogP contribution in [0.5, 0.6) is 23.0 Å². The van der Waals surface area contributed by atoms with E-state index in [0.717, 1.165) is 38.2 Å². The Balaban J connectivity index is 0.000000598. The van der Waals surface area contributed by atoms with Crippen molar-refractivity contribution in [3.63, 3.8) is 0 Å². The van der Waals surface area contributed by atoms with E-state index in [4.69, 9.17) is 14.2 Å². The van der Waals surface area contributed by atoms with Crippen LogP contribution in [0.1, 0.15) is 45.9 Å². The SMILES string of the molecule is CC.CCC(C)C.COc1cc2nccc(Oc3ccc4cc(NC(=O)Cc5cccs5)ccc4c3)c2cc1OC. The number of hydrogen-bond donors (Lipinski definition) is 1. The first-order chi connectivity index (χ1) is 19.9. The molecule has 0 atom stereocenters. The number of carbonyl (C=O) groups excluding carboxylic acids is 1. The Hall–Kier alpha value is -4.10. The minimum Gasteiger partial charge on any atom is -0.493 e. The van der Waals surface area contributed by atoms with E-state index in [1.54, 1.807) is 31.8 Å². The van der Waals surface area contributed by atoms with Gasteiger partial charge < -0.3 is 19.5 Å². The fourth-order valence-corrected chi connectivity index (χ4v) is 4.51. The van der Waals surface area contributed by atoms with Crippen molar-refractivity contribution in [3.05, 3.63) is 83.2 Å². The third-order valence-electron chi connectivity index (χ3n) is 6.26. The average molecular weight is 573 g/mol. The van der Waals surface area contributed by atoms with E-state index < -0.39 is 0 Å². The molecule has 216 valence electrons. The third kappa shape index (κ3) is 8.69. The normalized spacial score (nSPS) is 10.3. The van der Waals surface area contributed by atoms with Crippen LogP contribution in [-0.2, 0) is 11.2 Å². The van der Waals surface area contributed by atoms with Crippen LogP contribution in [0.3, 0.4) is 0 Å². The fraction of sp³-hybridized carbons (Fsp3) is 0.294. The summed E-state index contributed by atoms with van der Waals surface area (Å²) in [6.07, 6.45) is 3.38. The first-order valence-corrected chi connectivity index (χ1v) is 14.8. The third-order valence-corrected chi connectivity index (χ3v) is 7.14. The second kappa shape index (κ2) is 15.6. The number of hydrogen-bond acceptors (Lipinski definition) is 6. The van der Waals surface area contributed by atoms with Crippen molar-refractivity contribution in [1.82, 2.24) is 4.98 Å². The molecule has 5 aromatic rings. The highest BCUT2D eigenvalue weighted by Crippen LogP contribution is 2.37. The quantitative estimate of drug-likeness (QED) is 0.200. The number of benzene rings is 3. The maximum Gasteiger partial charge on any atom is 0.229 e. The van der Waals surface area contributed by atoms with Crippen molar-refractivity contribution in [2.45, 2.75) is 47.5 Å². The van der Waals surface area contributed by atoms with Gasteiger partial charge in [-0.2, -0.15) is 0 Å². The van der Waals surface area contributed by atoms with E-state index in [1.165, 1.54) is 6.42 Å². The van der Waals surface area contributed by atoms with Crippen LogP contribution in [0.15, 0.2) is 78.3 Å². The molecule has 0 spiro atoms.